The van der Waals surface area contributed by atoms with Crippen LogP contribution in [0.4, 0.5) is 0 Å². The molecule has 0 heterocycles. The summed E-state index contributed by atoms with van der Waals surface area (Å²) in [6.45, 7) is 0.229. The van der Waals surface area contributed by atoms with Gasteiger partial charge >= 0.3 is 5.97 Å². The second-order valence-corrected chi connectivity index (χ2v) is 7.23. The summed E-state index contributed by atoms with van der Waals surface area (Å²) in [6.07, 6.45) is 4.44. The quantitative estimate of drug-likeness (QED) is 0.736. The first kappa shape index (κ1) is 18.9. The molecule has 0 aliphatic carbocycles. The van der Waals surface area contributed by atoms with Crippen molar-refractivity contribution < 1.29 is 17.9 Å². The smallest absolute Gasteiger partial charge is 0.306 e. The minimum atomic E-state index is -3.43. The first-order chi connectivity index (χ1) is 12.0. The Bertz CT molecular complexity index is 812. The second kappa shape index (κ2) is 9.15. The Labute approximate surface area is 148 Å². The third-order valence-electron chi connectivity index (χ3n) is 3.57. The van der Waals surface area contributed by atoms with Crippen LogP contribution in [0, 0.1) is 0 Å². The Kier molecular flexibility index (Phi) is 6.91. The average Bonchev–Trinajstić information content (AvgIpc) is 2.65. The lowest BCUT2D eigenvalue weighted by Gasteiger charge is -2.05. The van der Waals surface area contributed by atoms with Crippen molar-refractivity contribution in [3.63, 3.8) is 0 Å². The van der Waals surface area contributed by atoms with Crippen LogP contribution < -0.4 is 4.72 Å². The van der Waals surface area contributed by atoms with Gasteiger partial charge in [0.05, 0.1) is 4.90 Å². The maximum Gasteiger partial charge on any atom is 0.306 e. The number of nitrogens with one attached hydrogen (secondary N) is 1. The van der Waals surface area contributed by atoms with E-state index in [4.69, 9.17) is 4.74 Å². The maximum atomic E-state index is 11.7. The van der Waals surface area contributed by atoms with E-state index < -0.39 is 10.0 Å². The summed E-state index contributed by atoms with van der Waals surface area (Å²) >= 11 is 0. The number of rotatable bonds is 8. The summed E-state index contributed by atoms with van der Waals surface area (Å²) in [5, 5.41) is 0. The highest BCUT2D eigenvalue weighted by atomic mass is 32.2. The van der Waals surface area contributed by atoms with Gasteiger partial charge in [-0.1, -0.05) is 48.5 Å². The third-order valence-corrected chi connectivity index (χ3v) is 5.00. The number of carbonyl (C=O) groups is 1. The summed E-state index contributed by atoms with van der Waals surface area (Å²) in [7, 11) is -2.07. The number of carbonyl (C=O) groups excluding carboxylic acids is 1. The Hall–Kier alpha value is -2.44. The third kappa shape index (κ3) is 6.17. The topological polar surface area (TPSA) is 72.5 Å². The van der Waals surface area contributed by atoms with Crippen LogP contribution in [0.3, 0.4) is 0 Å². The Morgan fingerprint density at radius 2 is 1.76 bits per heavy atom. The van der Waals surface area contributed by atoms with Crippen molar-refractivity contribution in [2.45, 2.75) is 17.7 Å². The Morgan fingerprint density at radius 1 is 1.08 bits per heavy atom. The first-order valence-electron chi connectivity index (χ1n) is 7.91. The minimum Gasteiger partial charge on any atom is -0.461 e. The fraction of sp³-hybridized carbons (Fsp3) is 0.211. The standard InChI is InChI=1S/C19H21NO4S/c1-20-25(22,23)18-12-9-17(10-13-18)11-14-19(21)24-15-5-8-16-6-3-2-4-7-16/h2-10,12-13,20H,11,14-15H2,1H3/b8-5+. The fourth-order valence-corrected chi connectivity index (χ4v) is 2.89. The van der Waals surface area contributed by atoms with Gasteiger partial charge in [-0.05, 0) is 42.8 Å². The first-order valence-corrected chi connectivity index (χ1v) is 9.39. The zero-order chi connectivity index (χ0) is 18.1. The zero-order valence-electron chi connectivity index (χ0n) is 14.0. The van der Waals surface area contributed by atoms with Crippen LogP contribution >= 0.6 is 0 Å². The number of benzene rings is 2. The Balaban J connectivity index is 1.75. The highest BCUT2D eigenvalue weighted by molar-refractivity contribution is 7.89. The van der Waals surface area contributed by atoms with Crippen molar-refractivity contribution in [3.8, 4) is 0 Å². The van der Waals surface area contributed by atoms with E-state index in [-0.39, 0.29) is 23.9 Å². The molecule has 2 aromatic carbocycles. The van der Waals surface area contributed by atoms with Crippen molar-refractivity contribution >= 4 is 22.1 Å². The molecular weight excluding hydrogens is 338 g/mol. The number of hydrogen-bond acceptors (Lipinski definition) is 4. The van der Waals surface area contributed by atoms with Gasteiger partial charge in [-0.25, -0.2) is 13.1 Å². The van der Waals surface area contributed by atoms with E-state index in [2.05, 4.69) is 4.72 Å². The van der Waals surface area contributed by atoms with Crippen LogP contribution in [0.15, 0.2) is 65.6 Å². The summed E-state index contributed by atoms with van der Waals surface area (Å²) in [4.78, 5) is 11.9. The molecule has 0 aliphatic rings. The van der Waals surface area contributed by atoms with Gasteiger partial charge in [0.2, 0.25) is 10.0 Å². The van der Waals surface area contributed by atoms with Gasteiger partial charge in [0.1, 0.15) is 6.61 Å². The predicted octanol–water partition coefficient (Wildman–Crippen LogP) is 2.78. The van der Waals surface area contributed by atoms with E-state index in [0.717, 1.165) is 11.1 Å². The molecule has 2 aromatic rings. The van der Waals surface area contributed by atoms with Gasteiger partial charge in [0.25, 0.3) is 0 Å². The van der Waals surface area contributed by atoms with Crippen molar-refractivity contribution in [3.05, 3.63) is 71.8 Å². The lowest BCUT2D eigenvalue weighted by Crippen LogP contribution is -2.18. The molecule has 0 aromatic heterocycles. The van der Waals surface area contributed by atoms with Crippen molar-refractivity contribution in [1.82, 2.24) is 4.72 Å². The molecule has 2 rings (SSSR count). The number of esters is 1. The van der Waals surface area contributed by atoms with E-state index in [0.29, 0.717) is 6.42 Å². The maximum absolute atomic E-state index is 11.7. The van der Waals surface area contributed by atoms with Crippen LogP contribution in [-0.4, -0.2) is 28.0 Å². The lowest BCUT2D eigenvalue weighted by atomic mass is 10.1. The normalized spacial score (nSPS) is 11.6. The molecule has 0 radical (unpaired) electrons. The number of aryl methyl sites for hydroxylation is 1. The van der Waals surface area contributed by atoms with Gasteiger partial charge in [0.15, 0.2) is 0 Å². The van der Waals surface area contributed by atoms with Crippen LogP contribution in [0.5, 0.6) is 0 Å². The molecule has 25 heavy (non-hydrogen) atoms. The number of sulfonamides is 1. The van der Waals surface area contributed by atoms with Gasteiger partial charge in [-0.15, -0.1) is 0 Å². The molecular formula is C19H21NO4S. The van der Waals surface area contributed by atoms with Crippen LogP contribution in [0.1, 0.15) is 17.5 Å². The molecule has 0 bridgehead atoms. The van der Waals surface area contributed by atoms with Crippen LogP contribution in [0.2, 0.25) is 0 Å². The average molecular weight is 359 g/mol. The highest BCUT2D eigenvalue weighted by Gasteiger charge is 2.10. The summed E-state index contributed by atoms with van der Waals surface area (Å²) in [5.41, 5.74) is 1.93. The predicted molar refractivity (Wildman–Crippen MR) is 97.4 cm³/mol. The van der Waals surface area contributed by atoms with E-state index in [1.165, 1.54) is 19.2 Å². The van der Waals surface area contributed by atoms with Crippen LogP contribution in [-0.2, 0) is 26.0 Å². The molecule has 0 aliphatic heterocycles. The summed E-state index contributed by atoms with van der Waals surface area (Å²) < 4.78 is 30.7. The number of hydrogen-bond donors (Lipinski definition) is 1. The molecule has 5 nitrogen and oxygen atoms in total. The largest absolute Gasteiger partial charge is 0.461 e. The summed E-state index contributed by atoms with van der Waals surface area (Å²) in [6, 6.07) is 16.2. The van der Waals surface area contributed by atoms with Gasteiger partial charge in [0, 0.05) is 6.42 Å². The van der Waals surface area contributed by atoms with Gasteiger partial charge in [-0.3, -0.25) is 4.79 Å². The minimum absolute atomic E-state index is 0.201. The van der Waals surface area contributed by atoms with Crippen molar-refractivity contribution in [1.29, 1.82) is 0 Å². The molecule has 1 N–H and O–H groups in total. The van der Waals surface area contributed by atoms with Gasteiger partial charge in [-0.2, -0.15) is 0 Å². The SMILES string of the molecule is CNS(=O)(=O)c1ccc(CCC(=O)OC/C=C/c2ccccc2)cc1. The fourth-order valence-electron chi connectivity index (χ4n) is 2.16. The molecule has 0 amide bonds. The van der Waals surface area contributed by atoms with E-state index >= 15 is 0 Å². The zero-order valence-corrected chi connectivity index (χ0v) is 14.8. The number of ether oxygens (including phenoxy) is 1. The molecule has 0 saturated carbocycles. The second-order valence-electron chi connectivity index (χ2n) is 5.35. The molecule has 6 heteroatoms. The van der Waals surface area contributed by atoms with E-state index in [1.807, 2.05) is 36.4 Å². The molecule has 0 unspecified atom stereocenters. The van der Waals surface area contributed by atoms with Crippen molar-refractivity contribution in [2.24, 2.45) is 0 Å². The molecule has 0 spiro atoms. The van der Waals surface area contributed by atoms with Crippen molar-refractivity contribution in [2.75, 3.05) is 13.7 Å². The highest BCUT2D eigenvalue weighted by Crippen LogP contribution is 2.11. The van der Waals surface area contributed by atoms with E-state index in [9.17, 15) is 13.2 Å². The van der Waals surface area contributed by atoms with Gasteiger partial charge < -0.3 is 4.74 Å². The Morgan fingerprint density at radius 3 is 2.40 bits per heavy atom. The molecule has 132 valence electrons. The molecule has 0 fully saturated rings. The monoisotopic (exact) mass is 359 g/mol. The van der Waals surface area contributed by atoms with E-state index in [1.54, 1.807) is 18.2 Å². The summed E-state index contributed by atoms with van der Waals surface area (Å²) in [5.74, 6) is -0.287. The molecule has 0 atom stereocenters. The lowest BCUT2D eigenvalue weighted by molar-refractivity contribution is -0.142. The molecule has 0 saturated heterocycles. The van der Waals surface area contributed by atoms with Crippen LogP contribution in [0.25, 0.3) is 6.08 Å².